The summed E-state index contributed by atoms with van der Waals surface area (Å²) >= 11 is 0. The average Bonchev–Trinajstić information content (AvgIpc) is 2.24. The highest BCUT2D eigenvalue weighted by molar-refractivity contribution is 14.0. The molecule has 5 nitrogen and oxygen atoms in total. The van der Waals surface area contributed by atoms with Gasteiger partial charge in [0.15, 0.2) is 5.96 Å². The molecular weight excluding hydrogens is 319 g/mol. The molecule has 0 unspecified atom stereocenters. The number of nitrogens with zero attached hydrogens (tertiary/aromatic N) is 1. The molecule has 6 heteroatoms. The number of halogens is 1. The lowest BCUT2D eigenvalue weighted by Gasteiger charge is -2.03. The minimum absolute atomic E-state index is 0. The number of hydrogen-bond donors (Lipinski definition) is 3. The van der Waals surface area contributed by atoms with Gasteiger partial charge >= 0.3 is 0 Å². The van der Waals surface area contributed by atoms with Crippen molar-refractivity contribution in [2.24, 2.45) is 10.7 Å². The van der Waals surface area contributed by atoms with Crippen LogP contribution in [0.15, 0.2) is 4.99 Å². The standard InChI is InChI=1S/C10H18N4O.HI/c1-3-5-7-13-10(11)14-8-9(15)12-6-4-2;/h2H,3,5-8H2,1H3,(H,12,15)(H3,11,13,14);1H. The third-order valence-corrected chi connectivity index (χ3v) is 1.62. The van der Waals surface area contributed by atoms with E-state index < -0.39 is 0 Å². The largest absolute Gasteiger partial charge is 0.370 e. The maximum absolute atomic E-state index is 11.0. The molecule has 0 bridgehead atoms. The number of rotatable bonds is 6. The molecule has 0 aliphatic carbocycles. The van der Waals surface area contributed by atoms with Gasteiger partial charge in [0.2, 0.25) is 5.91 Å². The van der Waals surface area contributed by atoms with Gasteiger partial charge in [0, 0.05) is 6.54 Å². The number of unbranched alkanes of at least 4 members (excludes halogenated alkanes) is 1. The van der Waals surface area contributed by atoms with Crippen LogP contribution in [0.2, 0.25) is 0 Å². The number of guanidine groups is 1. The lowest BCUT2D eigenvalue weighted by atomic mass is 10.3. The lowest BCUT2D eigenvalue weighted by Crippen LogP contribution is -2.34. The molecule has 0 saturated heterocycles. The van der Waals surface area contributed by atoms with Gasteiger partial charge in [-0.05, 0) is 6.42 Å². The monoisotopic (exact) mass is 338 g/mol. The molecule has 0 atom stereocenters. The van der Waals surface area contributed by atoms with Crippen LogP contribution in [-0.2, 0) is 4.79 Å². The highest BCUT2D eigenvalue weighted by atomic mass is 127. The summed E-state index contributed by atoms with van der Waals surface area (Å²) in [6, 6.07) is 0. The molecule has 0 aliphatic rings. The number of aliphatic imine (C=N–C) groups is 1. The zero-order valence-corrected chi connectivity index (χ0v) is 11.8. The molecule has 0 rings (SSSR count). The fourth-order valence-corrected chi connectivity index (χ4v) is 0.812. The van der Waals surface area contributed by atoms with Gasteiger partial charge in [-0.1, -0.05) is 19.3 Å². The predicted molar refractivity (Wildman–Crippen MR) is 76.7 cm³/mol. The number of nitrogens with one attached hydrogen (secondary N) is 2. The summed E-state index contributed by atoms with van der Waals surface area (Å²) in [7, 11) is 0. The average molecular weight is 338 g/mol. The molecule has 92 valence electrons. The molecule has 0 spiro atoms. The first kappa shape index (κ1) is 17.4. The minimum Gasteiger partial charge on any atom is -0.370 e. The summed E-state index contributed by atoms with van der Waals surface area (Å²) in [6.45, 7) is 3.09. The van der Waals surface area contributed by atoms with E-state index in [1.165, 1.54) is 0 Å². The molecule has 0 saturated carbocycles. The normalized spacial score (nSPS) is 9.88. The molecule has 0 aliphatic heterocycles. The number of carbonyl (C=O) groups excluding carboxylic acids is 1. The van der Waals surface area contributed by atoms with Crippen LogP contribution in [-0.4, -0.2) is 31.5 Å². The summed E-state index contributed by atoms with van der Waals surface area (Å²) in [4.78, 5) is 14.9. The summed E-state index contributed by atoms with van der Waals surface area (Å²) in [6.07, 6.45) is 7.09. The van der Waals surface area contributed by atoms with E-state index in [9.17, 15) is 4.79 Å². The van der Waals surface area contributed by atoms with Gasteiger partial charge in [0.25, 0.3) is 0 Å². The van der Waals surface area contributed by atoms with Crippen LogP contribution in [0.3, 0.4) is 0 Å². The van der Waals surface area contributed by atoms with Crippen molar-refractivity contribution in [1.82, 2.24) is 10.6 Å². The second kappa shape index (κ2) is 12.1. The number of hydrogen-bond acceptors (Lipinski definition) is 2. The molecule has 0 aromatic carbocycles. The Morgan fingerprint density at radius 2 is 2.19 bits per heavy atom. The number of terminal acetylenes is 1. The van der Waals surface area contributed by atoms with E-state index >= 15 is 0 Å². The summed E-state index contributed by atoms with van der Waals surface area (Å²) in [5.41, 5.74) is 5.51. The lowest BCUT2D eigenvalue weighted by molar-refractivity contribution is -0.119. The maximum atomic E-state index is 11.0. The maximum Gasteiger partial charge on any atom is 0.242 e. The van der Waals surface area contributed by atoms with Crippen molar-refractivity contribution in [3.05, 3.63) is 0 Å². The first-order valence-electron chi connectivity index (χ1n) is 4.94. The van der Waals surface area contributed by atoms with Gasteiger partial charge in [-0.15, -0.1) is 30.4 Å². The molecule has 4 N–H and O–H groups in total. The Labute approximate surface area is 114 Å². The van der Waals surface area contributed by atoms with Gasteiger partial charge in [-0.3, -0.25) is 4.79 Å². The van der Waals surface area contributed by atoms with Crippen molar-refractivity contribution >= 4 is 35.8 Å². The Kier molecular flexibility index (Phi) is 13.2. The first-order chi connectivity index (χ1) is 7.20. The van der Waals surface area contributed by atoms with E-state index in [1.807, 2.05) is 0 Å². The quantitative estimate of drug-likeness (QED) is 0.211. The van der Waals surface area contributed by atoms with E-state index in [4.69, 9.17) is 12.2 Å². The topological polar surface area (TPSA) is 79.5 Å². The molecule has 0 heterocycles. The van der Waals surface area contributed by atoms with Gasteiger partial charge in [0.1, 0.15) is 6.54 Å². The molecular formula is C10H19IN4O. The van der Waals surface area contributed by atoms with Crippen LogP contribution < -0.4 is 16.4 Å². The number of amides is 1. The summed E-state index contributed by atoms with van der Waals surface area (Å²) in [5, 5.41) is 5.39. The molecule has 0 aromatic heterocycles. The molecule has 0 fully saturated rings. The molecule has 0 radical (unpaired) electrons. The second-order valence-electron chi connectivity index (χ2n) is 2.96. The van der Waals surface area contributed by atoms with Crippen molar-refractivity contribution in [3.8, 4) is 12.3 Å². The summed E-state index contributed by atoms with van der Waals surface area (Å²) in [5.74, 6) is 2.36. The van der Waals surface area contributed by atoms with Crippen molar-refractivity contribution in [2.75, 3.05) is 19.6 Å². The Hall–Kier alpha value is -0.970. The highest BCUT2D eigenvalue weighted by Gasteiger charge is 1.97. The van der Waals surface area contributed by atoms with Crippen LogP contribution in [0.5, 0.6) is 0 Å². The smallest absolute Gasteiger partial charge is 0.242 e. The Bertz CT molecular complexity index is 260. The number of carbonyl (C=O) groups is 1. The van der Waals surface area contributed by atoms with E-state index in [0.29, 0.717) is 5.96 Å². The van der Waals surface area contributed by atoms with Crippen LogP contribution in [0.4, 0.5) is 0 Å². The van der Waals surface area contributed by atoms with E-state index in [1.54, 1.807) is 0 Å². The summed E-state index contributed by atoms with van der Waals surface area (Å²) < 4.78 is 0. The van der Waals surface area contributed by atoms with Crippen LogP contribution in [0.1, 0.15) is 19.8 Å². The highest BCUT2D eigenvalue weighted by Crippen LogP contribution is 1.81. The van der Waals surface area contributed by atoms with Gasteiger partial charge in [-0.25, -0.2) is 4.99 Å². The van der Waals surface area contributed by atoms with Gasteiger partial charge < -0.3 is 16.4 Å². The fraction of sp³-hybridized carbons (Fsp3) is 0.600. The van der Waals surface area contributed by atoms with Gasteiger partial charge in [0.05, 0.1) is 6.54 Å². The minimum atomic E-state index is -0.229. The molecule has 16 heavy (non-hydrogen) atoms. The van der Waals surface area contributed by atoms with E-state index in [0.717, 1.165) is 19.4 Å². The van der Waals surface area contributed by atoms with Crippen molar-refractivity contribution in [2.45, 2.75) is 19.8 Å². The third-order valence-electron chi connectivity index (χ3n) is 1.62. The van der Waals surface area contributed by atoms with Crippen LogP contribution in [0, 0.1) is 12.3 Å². The predicted octanol–water partition coefficient (Wildman–Crippen LogP) is 0.0582. The van der Waals surface area contributed by atoms with Crippen molar-refractivity contribution in [3.63, 3.8) is 0 Å². The molecule has 0 aromatic rings. The van der Waals surface area contributed by atoms with Crippen molar-refractivity contribution < 1.29 is 4.79 Å². The zero-order valence-electron chi connectivity index (χ0n) is 9.45. The zero-order chi connectivity index (χ0) is 11.5. The Morgan fingerprint density at radius 1 is 1.50 bits per heavy atom. The third kappa shape index (κ3) is 11.1. The second-order valence-corrected chi connectivity index (χ2v) is 2.96. The van der Waals surface area contributed by atoms with Gasteiger partial charge in [-0.2, -0.15) is 0 Å². The Morgan fingerprint density at radius 3 is 2.75 bits per heavy atom. The number of nitrogens with two attached hydrogens (primary N) is 1. The Balaban J connectivity index is 0. The SMILES string of the molecule is C#CCNC(=O)CN=C(N)NCCCC.I. The van der Waals surface area contributed by atoms with Crippen LogP contribution >= 0.6 is 24.0 Å². The van der Waals surface area contributed by atoms with Crippen molar-refractivity contribution in [1.29, 1.82) is 0 Å². The van der Waals surface area contributed by atoms with Crippen LogP contribution in [0.25, 0.3) is 0 Å². The van der Waals surface area contributed by atoms with E-state index in [-0.39, 0.29) is 43.0 Å². The van der Waals surface area contributed by atoms with E-state index in [2.05, 4.69) is 28.5 Å². The molecule has 1 amide bonds. The first-order valence-corrected chi connectivity index (χ1v) is 4.94. The fourth-order valence-electron chi connectivity index (χ4n) is 0.812.